The first-order valence-electron chi connectivity index (χ1n) is 9.27. The Morgan fingerprint density at radius 3 is 2.48 bits per heavy atom. The number of aryl methyl sites for hydroxylation is 1. The van der Waals surface area contributed by atoms with Crippen molar-refractivity contribution >= 4 is 68.4 Å². The van der Waals surface area contributed by atoms with Gasteiger partial charge in [-0.25, -0.2) is 0 Å². The molecular weight excluding hydrogens is 500 g/mol. The Bertz CT molecular complexity index is 1220. The van der Waals surface area contributed by atoms with E-state index in [1.54, 1.807) is 35.1 Å². The molecule has 6 nitrogen and oxygen atoms in total. The highest BCUT2D eigenvalue weighted by Gasteiger charge is 2.35. The van der Waals surface area contributed by atoms with Crippen LogP contribution in [0.1, 0.15) is 16.8 Å². The van der Waals surface area contributed by atoms with Crippen molar-refractivity contribution in [2.45, 2.75) is 13.5 Å². The molecule has 0 radical (unpaired) electrons. The third kappa shape index (κ3) is 4.46. The summed E-state index contributed by atoms with van der Waals surface area (Å²) in [6.07, 6.45) is 3.15. The van der Waals surface area contributed by atoms with E-state index >= 15 is 0 Å². The number of amides is 2. The van der Waals surface area contributed by atoms with Crippen molar-refractivity contribution in [3.8, 4) is 0 Å². The van der Waals surface area contributed by atoms with Crippen LogP contribution in [0.2, 0.25) is 5.02 Å². The summed E-state index contributed by atoms with van der Waals surface area (Å²) in [5.41, 5.74) is 3.27. The van der Waals surface area contributed by atoms with Gasteiger partial charge in [0.25, 0.3) is 11.8 Å². The molecule has 31 heavy (non-hydrogen) atoms. The predicted molar refractivity (Wildman–Crippen MR) is 128 cm³/mol. The molecule has 2 amide bonds. The summed E-state index contributed by atoms with van der Waals surface area (Å²) in [6.45, 7) is 2.51. The van der Waals surface area contributed by atoms with Gasteiger partial charge in [-0.1, -0.05) is 41.4 Å². The minimum Gasteiger partial charge on any atom is -0.298 e. The maximum absolute atomic E-state index is 13.2. The van der Waals surface area contributed by atoms with E-state index in [0.29, 0.717) is 27.4 Å². The smallest absolute Gasteiger partial charge is 0.270 e. The first-order valence-corrected chi connectivity index (χ1v) is 10.9. The number of carbonyl (C=O) groups is 2. The van der Waals surface area contributed by atoms with Gasteiger partial charge < -0.3 is 0 Å². The molecule has 1 fully saturated rings. The van der Waals surface area contributed by atoms with Crippen molar-refractivity contribution < 1.29 is 9.59 Å². The zero-order chi connectivity index (χ0) is 22.1. The summed E-state index contributed by atoms with van der Waals surface area (Å²) >= 11 is 14.6. The Kier molecular flexibility index (Phi) is 6.04. The number of anilines is 1. The van der Waals surface area contributed by atoms with Gasteiger partial charge in [0.05, 0.1) is 28.6 Å². The Hall–Kier alpha value is -2.81. The Labute approximate surface area is 197 Å². The molecular formula is C22H16BrClN4O2S. The number of nitrogens with one attached hydrogen (secondary N) is 1. The van der Waals surface area contributed by atoms with Crippen molar-refractivity contribution in [2.24, 2.45) is 0 Å². The van der Waals surface area contributed by atoms with E-state index in [-0.39, 0.29) is 10.7 Å². The highest BCUT2D eigenvalue weighted by atomic mass is 79.9. The first kappa shape index (κ1) is 21.4. The lowest BCUT2D eigenvalue weighted by Gasteiger charge is -2.29. The SMILES string of the molecule is Cc1ccc(Cn2ncc(Br)c2C=C2C(=O)NC(=S)N(c3ccc(Cl)cc3)C2=O)cc1. The van der Waals surface area contributed by atoms with E-state index in [1.807, 2.05) is 31.2 Å². The average molecular weight is 516 g/mol. The molecule has 0 bridgehead atoms. The van der Waals surface area contributed by atoms with Gasteiger partial charge in [0.1, 0.15) is 5.57 Å². The molecule has 4 rings (SSSR count). The van der Waals surface area contributed by atoms with Crippen molar-refractivity contribution in [1.29, 1.82) is 0 Å². The van der Waals surface area contributed by atoms with E-state index in [1.165, 1.54) is 11.0 Å². The van der Waals surface area contributed by atoms with E-state index in [4.69, 9.17) is 23.8 Å². The lowest BCUT2D eigenvalue weighted by Crippen LogP contribution is -2.54. The largest absolute Gasteiger partial charge is 0.298 e. The van der Waals surface area contributed by atoms with Crippen molar-refractivity contribution in [3.05, 3.63) is 86.6 Å². The summed E-state index contributed by atoms with van der Waals surface area (Å²) in [5, 5.41) is 7.51. The molecule has 0 unspecified atom stereocenters. The fourth-order valence-electron chi connectivity index (χ4n) is 3.13. The first-order chi connectivity index (χ1) is 14.8. The van der Waals surface area contributed by atoms with Crippen LogP contribution in [0.5, 0.6) is 0 Å². The standard InChI is InChI=1S/C22H16BrClN4O2S/c1-13-2-4-14(5-3-13)12-27-19(18(23)11-25-27)10-17-20(29)26-22(31)28(21(17)30)16-8-6-15(24)7-9-16/h2-11H,12H2,1H3,(H,26,29,31). The van der Waals surface area contributed by atoms with Crippen LogP contribution >= 0.6 is 39.7 Å². The molecule has 1 aromatic heterocycles. The van der Waals surface area contributed by atoms with E-state index in [2.05, 4.69) is 26.3 Å². The quantitative estimate of drug-likeness (QED) is 0.316. The predicted octanol–water partition coefficient (Wildman–Crippen LogP) is 4.49. The number of benzene rings is 2. The third-order valence-corrected chi connectivity index (χ3v) is 5.90. The Morgan fingerprint density at radius 1 is 1.13 bits per heavy atom. The molecule has 3 aromatic rings. The molecule has 0 atom stereocenters. The molecule has 0 spiro atoms. The molecule has 1 aliphatic rings. The van der Waals surface area contributed by atoms with Crippen LogP contribution in [0.3, 0.4) is 0 Å². The fourth-order valence-corrected chi connectivity index (χ4v) is 3.94. The molecule has 1 N–H and O–H groups in total. The number of halogens is 2. The van der Waals surface area contributed by atoms with Crippen LogP contribution in [-0.2, 0) is 16.1 Å². The van der Waals surface area contributed by atoms with Crippen LogP contribution in [-0.4, -0.2) is 26.7 Å². The average Bonchev–Trinajstić information content (AvgIpc) is 3.07. The summed E-state index contributed by atoms with van der Waals surface area (Å²) in [7, 11) is 0. The normalized spacial score (nSPS) is 15.5. The number of nitrogens with zero attached hydrogens (tertiary/aromatic N) is 3. The zero-order valence-electron chi connectivity index (χ0n) is 16.3. The number of hydrogen-bond donors (Lipinski definition) is 1. The second-order valence-electron chi connectivity index (χ2n) is 6.96. The molecule has 1 saturated heterocycles. The van der Waals surface area contributed by atoms with Crippen LogP contribution < -0.4 is 10.2 Å². The Morgan fingerprint density at radius 2 is 1.81 bits per heavy atom. The fraction of sp³-hybridized carbons (Fsp3) is 0.0909. The number of rotatable bonds is 4. The minimum atomic E-state index is -0.560. The molecule has 1 aliphatic heterocycles. The lowest BCUT2D eigenvalue weighted by atomic mass is 10.1. The van der Waals surface area contributed by atoms with Gasteiger partial charge in [-0.05, 0) is 71.0 Å². The van der Waals surface area contributed by atoms with Crippen LogP contribution in [0, 0.1) is 6.92 Å². The van der Waals surface area contributed by atoms with Gasteiger partial charge in [-0.2, -0.15) is 5.10 Å². The van der Waals surface area contributed by atoms with Gasteiger partial charge in [-0.3, -0.25) is 24.5 Å². The summed E-state index contributed by atoms with van der Waals surface area (Å²) in [6, 6.07) is 14.7. The summed E-state index contributed by atoms with van der Waals surface area (Å²) < 4.78 is 2.39. The van der Waals surface area contributed by atoms with Crippen molar-refractivity contribution in [2.75, 3.05) is 4.90 Å². The van der Waals surface area contributed by atoms with E-state index in [9.17, 15) is 9.59 Å². The van der Waals surface area contributed by atoms with Crippen LogP contribution in [0.4, 0.5) is 5.69 Å². The van der Waals surface area contributed by atoms with Gasteiger partial charge in [0, 0.05) is 5.02 Å². The summed E-state index contributed by atoms with van der Waals surface area (Å²) in [5.74, 6) is -1.08. The second-order valence-corrected chi connectivity index (χ2v) is 8.63. The topological polar surface area (TPSA) is 67.2 Å². The third-order valence-electron chi connectivity index (χ3n) is 4.75. The number of hydrogen-bond acceptors (Lipinski definition) is 4. The number of carbonyl (C=O) groups excluding carboxylic acids is 2. The number of aromatic nitrogens is 2. The Balaban J connectivity index is 1.70. The van der Waals surface area contributed by atoms with Gasteiger partial charge in [0.15, 0.2) is 5.11 Å². The highest BCUT2D eigenvalue weighted by Crippen LogP contribution is 2.26. The molecule has 2 heterocycles. The van der Waals surface area contributed by atoms with Crippen LogP contribution in [0.25, 0.3) is 6.08 Å². The molecule has 156 valence electrons. The molecule has 0 aliphatic carbocycles. The maximum atomic E-state index is 13.2. The lowest BCUT2D eigenvalue weighted by molar-refractivity contribution is -0.122. The highest BCUT2D eigenvalue weighted by molar-refractivity contribution is 9.10. The van der Waals surface area contributed by atoms with Gasteiger partial charge in [-0.15, -0.1) is 0 Å². The maximum Gasteiger partial charge on any atom is 0.270 e. The van der Waals surface area contributed by atoms with Gasteiger partial charge >= 0.3 is 0 Å². The van der Waals surface area contributed by atoms with Crippen molar-refractivity contribution in [3.63, 3.8) is 0 Å². The molecule has 2 aromatic carbocycles. The summed E-state index contributed by atoms with van der Waals surface area (Å²) in [4.78, 5) is 27.1. The molecule has 0 saturated carbocycles. The van der Waals surface area contributed by atoms with Gasteiger partial charge in [0.2, 0.25) is 0 Å². The van der Waals surface area contributed by atoms with Crippen molar-refractivity contribution in [1.82, 2.24) is 15.1 Å². The van der Waals surface area contributed by atoms with E-state index in [0.717, 1.165) is 11.1 Å². The number of thiocarbonyl (C=S) groups is 1. The van der Waals surface area contributed by atoms with Crippen LogP contribution in [0.15, 0.2) is 64.8 Å². The zero-order valence-corrected chi connectivity index (χ0v) is 19.5. The molecule has 9 heteroatoms. The monoisotopic (exact) mass is 514 g/mol. The van der Waals surface area contributed by atoms with E-state index < -0.39 is 11.8 Å². The second kappa shape index (κ2) is 8.74. The minimum absolute atomic E-state index is 0.0155.